The minimum absolute atomic E-state index is 0.232. The zero-order chi connectivity index (χ0) is 56.8. The Morgan fingerprint density at radius 2 is 0.643 bits per heavy atom. The van der Waals surface area contributed by atoms with Crippen molar-refractivity contribution >= 4 is 80.0 Å². The first kappa shape index (κ1) is 49.5. The van der Waals surface area contributed by atoms with Crippen molar-refractivity contribution < 1.29 is 9.47 Å². The fraction of sp³-hybridized carbons (Fsp3) is 0.125. The molecule has 0 aromatic heterocycles. The lowest BCUT2D eigenvalue weighted by Crippen LogP contribution is -2.56. The Hall–Kier alpha value is -9.07. The zero-order valence-corrected chi connectivity index (χ0v) is 50.8. The van der Waals surface area contributed by atoms with E-state index in [0.29, 0.717) is 0 Å². The van der Waals surface area contributed by atoms with Crippen molar-refractivity contribution in [3.05, 3.63) is 253 Å². The highest BCUT2D eigenvalue weighted by Crippen LogP contribution is 2.57. The topological polar surface area (TPSA) is 18.5 Å². The average Bonchev–Trinajstić information content (AvgIpc) is 1.80. The normalized spacial score (nSPS) is 15.7. The van der Waals surface area contributed by atoms with Gasteiger partial charge >= 0.3 is 0 Å². The molecule has 0 unspecified atom stereocenters. The standard InChI is InChI=1S/C80H62O2Si2/c1-79(2)63-37-39-71-77(81-67-21-13-15-23-69(67)83(71,5)6)75(63)59-35-31-53(45-65(59)79)51-29-33-57-61(43-51)73(55-27-25-47-17-9-11-19-49(47)41-55)58-34-30-52(44-62(58)74(57)56-28-26-48-18-10-12-20-50(48)42-56)54-32-36-60-66(46-54)80(3,4)64-38-40-72-78(76(60)64)82-68-22-14-16-24-70(68)84(72,7)8/h9-46H,1-8H3. The van der Waals surface area contributed by atoms with Gasteiger partial charge in [0.25, 0.3) is 0 Å². The molecule has 0 atom stereocenters. The summed E-state index contributed by atoms with van der Waals surface area (Å²) in [4.78, 5) is 0. The number of hydrogen-bond acceptors (Lipinski definition) is 2. The molecule has 0 saturated heterocycles. The van der Waals surface area contributed by atoms with Gasteiger partial charge in [-0.05, 0) is 190 Å². The van der Waals surface area contributed by atoms with Gasteiger partial charge < -0.3 is 9.47 Å². The monoisotopic (exact) mass is 1110 g/mol. The van der Waals surface area contributed by atoms with E-state index in [1.54, 1.807) is 0 Å². The van der Waals surface area contributed by atoms with Crippen LogP contribution in [0.25, 0.3) is 110 Å². The molecular formula is C80H62O2Si2. The zero-order valence-electron chi connectivity index (χ0n) is 48.8. The molecule has 0 radical (unpaired) electrons. The highest BCUT2D eigenvalue weighted by Gasteiger charge is 2.46. The molecule has 2 aliphatic carbocycles. The second kappa shape index (κ2) is 17.3. The lowest BCUT2D eigenvalue weighted by atomic mass is 9.80. The van der Waals surface area contributed by atoms with Crippen LogP contribution in [0.1, 0.15) is 49.9 Å². The maximum Gasteiger partial charge on any atom is 0.135 e. The van der Waals surface area contributed by atoms with E-state index in [0.717, 1.165) is 23.0 Å². The number of benzene rings is 13. The first-order chi connectivity index (χ1) is 40.6. The van der Waals surface area contributed by atoms with Crippen molar-refractivity contribution in [3.63, 3.8) is 0 Å². The molecule has 2 aliphatic heterocycles. The van der Waals surface area contributed by atoms with Crippen LogP contribution in [-0.2, 0) is 10.8 Å². The molecule has 17 rings (SSSR count). The molecule has 0 saturated carbocycles. The fourth-order valence-electron chi connectivity index (χ4n) is 15.7. The van der Waals surface area contributed by atoms with Crippen molar-refractivity contribution in [2.75, 3.05) is 0 Å². The summed E-state index contributed by atoms with van der Waals surface area (Å²) < 4.78 is 14.0. The average molecular weight is 1110 g/mol. The third-order valence-electron chi connectivity index (χ3n) is 20.3. The van der Waals surface area contributed by atoms with E-state index in [-0.39, 0.29) is 10.8 Å². The van der Waals surface area contributed by atoms with Crippen LogP contribution in [0.3, 0.4) is 0 Å². The number of para-hydroxylation sites is 2. The lowest BCUT2D eigenvalue weighted by Gasteiger charge is -2.34. The Balaban J connectivity index is 0.868. The molecular weight excluding hydrogens is 1050 g/mol. The molecule has 84 heavy (non-hydrogen) atoms. The van der Waals surface area contributed by atoms with Crippen LogP contribution in [0.2, 0.25) is 26.2 Å². The fourth-order valence-corrected chi connectivity index (χ4v) is 21.3. The molecule has 0 bridgehead atoms. The molecule has 2 nitrogen and oxygen atoms in total. The third kappa shape index (κ3) is 6.84. The first-order valence-corrected chi connectivity index (χ1v) is 35.9. The molecule has 2 heterocycles. The van der Waals surface area contributed by atoms with E-state index in [1.165, 1.54) is 153 Å². The SMILES string of the molecule is CC1(C)c2cc(-c3ccc4c(-c5ccc6ccccc6c5)c5cc(-c6ccc7c(c6)C(C)(C)c6ccc8c(c6-7)Oc6ccccc6[Si]8(C)C)ccc5c(-c5ccc6ccccc6c5)c4c3)ccc2-c2c1ccc1c2Oc2ccccc2[Si]1(C)C. The second-order valence-corrected chi connectivity index (χ2v) is 35.0. The van der Waals surface area contributed by atoms with Gasteiger partial charge in [0.05, 0.1) is 0 Å². The van der Waals surface area contributed by atoms with E-state index in [2.05, 4.69) is 284 Å². The molecule has 4 heteroatoms. The van der Waals surface area contributed by atoms with E-state index in [4.69, 9.17) is 9.47 Å². The first-order valence-electron chi connectivity index (χ1n) is 29.9. The van der Waals surface area contributed by atoms with Crippen LogP contribution in [0.5, 0.6) is 23.0 Å². The molecule has 13 aromatic rings. The Morgan fingerprint density at radius 1 is 0.274 bits per heavy atom. The Kier molecular flexibility index (Phi) is 10.2. The smallest absolute Gasteiger partial charge is 0.135 e. The van der Waals surface area contributed by atoms with Gasteiger partial charge in [0, 0.05) is 22.0 Å². The van der Waals surface area contributed by atoms with Crippen molar-refractivity contribution in [1.82, 2.24) is 0 Å². The summed E-state index contributed by atoms with van der Waals surface area (Å²) in [6.45, 7) is 19.5. The van der Waals surface area contributed by atoms with Crippen molar-refractivity contribution in [2.45, 2.75) is 64.7 Å². The quantitative estimate of drug-likeness (QED) is 0.129. The predicted octanol–water partition coefficient (Wildman–Crippen LogP) is 19.4. The lowest BCUT2D eigenvalue weighted by molar-refractivity contribution is 0.487. The molecule has 4 aliphatic rings. The van der Waals surface area contributed by atoms with Crippen LogP contribution >= 0.6 is 0 Å². The highest BCUT2D eigenvalue weighted by molar-refractivity contribution is 7.02. The van der Waals surface area contributed by atoms with Gasteiger partial charge in [0.15, 0.2) is 0 Å². The largest absolute Gasteiger partial charge is 0.457 e. The van der Waals surface area contributed by atoms with Crippen LogP contribution in [0, 0.1) is 0 Å². The van der Waals surface area contributed by atoms with Crippen LogP contribution in [0.15, 0.2) is 231 Å². The molecule has 0 fully saturated rings. The summed E-state index contributed by atoms with van der Waals surface area (Å²) in [5, 5.41) is 15.3. The van der Waals surface area contributed by atoms with E-state index >= 15 is 0 Å². The number of hydrogen-bond donors (Lipinski definition) is 0. The van der Waals surface area contributed by atoms with Crippen molar-refractivity contribution in [1.29, 1.82) is 0 Å². The summed E-state index contributed by atoms with van der Waals surface area (Å²) in [5.74, 6) is 4.13. The molecule has 0 amide bonds. The summed E-state index contributed by atoms with van der Waals surface area (Å²) in [6, 6.07) is 87.7. The van der Waals surface area contributed by atoms with Gasteiger partial charge in [-0.15, -0.1) is 0 Å². The maximum atomic E-state index is 6.99. The van der Waals surface area contributed by atoms with Gasteiger partial charge in [-0.25, -0.2) is 0 Å². The van der Waals surface area contributed by atoms with Crippen LogP contribution in [0.4, 0.5) is 0 Å². The van der Waals surface area contributed by atoms with Crippen LogP contribution in [-0.4, -0.2) is 16.1 Å². The highest BCUT2D eigenvalue weighted by atomic mass is 28.3. The van der Waals surface area contributed by atoms with Gasteiger partial charge in [0.1, 0.15) is 39.1 Å². The maximum absolute atomic E-state index is 6.99. The molecule has 0 spiro atoms. The van der Waals surface area contributed by atoms with E-state index < -0.39 is 16.1 Å². The Bertz CT molecular complexity index is 4770. The number of rotatable bonds is 4. The molecule has 0 N–H and O–H groups in total. The summed E-state index contributed by atoms with van der Waals surface area (Å²) in [5.41, 5.74) is 19.7. The van der Waals surface area contributed by atoms with Crippen molar-refractivity contribution in [3.8, 4) is 89.8 Å². The summed E-state index contributed by atoms with van der Waals surface area (Å²) in [7, 11) is -4.06. The second-order valence-electron chi connectivity index (χ2n) is 26.3. The number of fused-ring (bicyclic) bond motifs is 16. The molecule has 402 valence electrons. The Labute approximate surface area is 493 Å². The van der Waals surface area contributed by atoms with Gasteiger partial charge in [0.2, 0.25) is 0 Å². The van der Waals surface area contributed by atoms with Gasteiger partial charge in [-0.2, -0.15) is 0 Å². The van der Waals surface area contributed by atoms with Gasteiger partial charge in [-0.1, -0.05) is 236 Å². The summed E-state index contributed by atoms with van der Waals surface area (Å²) in [6.07, 6.45) is 0. The van der Waals surface area contributed by atoms with E-state index in [9.17, 15) is 0 Å². The minimum Gasteiger partial charge on any atom is -0.457 e. The summed E-state index contributed by atoms with van der Waals surface area (Å²) >= 11 is 0. The van der Waals surface area contributed by atoms with Crippen molar-refractivity contribution in [2.24, 2.45) is 0 Å². The minimum atomic E-state index is -2.03. The number of ether oxygens (including phenoxy) is 2. The Morgan fingerprint density at radius 3 is 1.08 bits per heavy atom. The molecule has 13 aromatic carbocycles. The van der Waals surface area contributed by atoms with Gasteiger partial charge in [-0.3, -0.25) is 0 Å². The third-order valence-corrected chi connectivity index (χ3v) is 27.3. The van der Waals surface area contributed by atoms with E-state index in [1.807, 2.05) is 0 Å². The van der Waals surface area contributed by atoms with Crippen LogP contribution < -0.4 is 30.2 Å². The predicted molar refractivity (Wildman–Crippen MR) is 360 cm³/mol.